The summed E-state index contributed by atoms with van der Waals surface area (Å²) in [5.74, 6) is 0.776. The van der Waals surface area contributed by atoms with Gasteiger partial charge in [-0.15, -0.1) is 0 Å². The fraction of sp³-hybridized carbons (Fsp3) is 0.294. The van der Waals surface area contributed by atoms with Crippen LogP contribution in [-0.4, -0.2) is 6.10 Å². The van der Waals surface area contributed by atoms with Crippen molar-refractivity contribution in [1.82, 2.24) is 0 Å². The molecule has 0 spiro atoms. The van der Waals surface area contributed by atoms with Crippen LogP contribution in [0.2, 0.25) is 0 Å². The third-order valence-corrected chi connectivity index (χ3v) is 2.98. The molecule has 0 heterocycles. The Morgan fingerprint density at radius 3 is 2.32 bits per heavy atom. The van der Waals surface area contributed by atoms with Crippen molar-refractivity contribution < 1.29 is 17.9 Å². The SMILES string of the molecule is CC(C)Oc1ccc(CNc2cccc(C(F)(F)F)c2)cc1. The standard InChI is InChI=1S/C17H18F3NO/c1-12(2)22-16-8-6-13(7-9-16)11-21-15-5-3-4-14(10-15)17(18,19)20/h3-10,12,21H,11H2,1-2H3. The molecule has 0 unspecified atom stereocenters. The van der Waals surface area contributed by atoms with Crippen LogP contribution in [0.1, 0.15) is 25.0 Å². The number of hydrogen-bond donors (Lipinski definition) is 1. The molecule has 5 heteroatoms. The van der Waals surface area contributed by atoms with Crippen molar-refractivity contribution in [1.29, 1.82) is 0 Å². The minimum Gasteiger partial charge on any atom is -0.491 e. The van der Waals surface area contributed by atoms with E-state index >= 15 is 0 Å². The van der Waals surface area contributed by atoms with E-state index in [0.717, 1.165) is 23.4 Å². The first-order valence-corrected chi connectivity index (χ1v) is 7.01. The van der Waals surface area contributed by atoms with Gasteiger partial charge in [-0.05, 0) is 49.7 Å². The molecule has 1 N–H and O–H groups in total. The lowest BCUT2D eigenvalue weighted by atomic mass is 10.1. The Hall–Kier alpha value is -2.17. The van der Waals surface area contributed by atoms with Crippen LogP contribution in [0.3, 0.4) is 0 Å². The van der Waals surface area contributed by atoms with E-state index in [1.54, 1.807) is 6.07 Å². The van der Waals surface area contributed by atoms with Crippen molar-refractivity contribution >= 4 is 5.69 Å². The second-order valence-corrected chi connectivity index (χ2v) is 5.24. The Labute approximate surface area is 127 Å². The maximum absolute atomic E-state index is 12.6. The van der Waals surface area contributed by atoms with Crippen LogP contribution in [0.25, 0.3) is 0 Å². The van der Waals surface area contributed by atoms with Gasteiger partial charge in [-0.3, -0.25) is 0 Å². The quantitative estimate of drug-likeness (QED) is 0.829. The summed E-state index contributed by atoms with van der Waals surface area (Å²) in [6, 6.07) is 12.7. The molecular formula is C17H18F3NO. The topological polar surface area (TPSA) is 21.3 Å². The van der Waals surface area contributed by atoms with Gasteiger partial charge in [0.2, 0.25) is 0 Å². The van der Waals surface area contributed by atoms with Gasteiger partial charge in [0.05, 0.1) is 11.7 Å². The minimum absolute atomic E-state index is 0.106. The predicted octanol–water partition coefficient (Wildman–Crippen LogP) is 5.10. The molecule has 0 fully saturated rings. The highest BCUT2D eigenvalue weighted by atomic mass is 19.4. The first-order valence-electron chi connectivity index (χ1n) is 7.01. The summed E-state index contributed by atoms with van der Waals surface area (Å²) in [5.41, 5.74) is 0.754. The van der Waals surface area contributed by atoms with Gasteiger partial charge >= 0.3 is 6.18 Å². The molecular weight excluding hydrogens is 291 g/mol. The number of ether oxygens (including phenoxy) is 1. The average Bonchev–Trinajstić information content (AvgIpc) is 2.45. The third-order valence-electron chi connectivity index (χ3n) is 2.98. The van der Waals surface area contributed by atoms with Crippen molar-refractivity contribution in [2.24, 2.45) is 0 Å². The van der Waals surface area contributed by atoms with Crippen LogP contribution < -0.4 is 10.1 Å². The predicted molar refractivity (Wildman–Crippen MR) is 81.0 cm³/mol. The van der Waals surface area contributed by atoms with E-state index in [9.17, 15) is 13.2 Å². The molecule has 0 bridgehead atoms. The number of hydrogen-bond acceptors (Lipinski definition) is 2. The zero-order valence-electron chi connectivity index (χ0n) is 12.4. The second kappa shape index (κ2) is 6.73. The number of rotatable bonds is 5. The third kappa shape index (κ3) is 4.69. The maximum atomic E-state index is 12.6. The molecule has 0 amide bonds. The van der Waals surface area contributed by atoms with Gasteiger partial charge in [0.15, 0.2) is 0 Å². The molecule has 2 aromatic rings. The van der Waals surface area contributed by atoms with E-state index in [1.807, 2.05) is 38.1 Å². The van der Waals surface area contributed by atoms with Crippen LogP contribution in [-0.2, 0) is 12.7 Å². The molecule has 0 aliphatic rings. The summed E-state index contributed by atoms with van der Waals surface area (Å²) in [7, 11) is 0. The van der Waals surface area contributed by atoms with Gasteiger partial charge in [-0.25, -0.2) is 0 Å². The Morgan fingerprint density at radius 2 is 1.73 bits per heavy atom. The van der Waals surface area contributed by atoms with E-state index in [4.69, 9.17) is 4.74 Å². The lowest BCUT2D eigenvalue weighted by molar-refractivity contribution is -0.137. The van der Waals surface area contributed by atoms with Crippen molar-refractivity contribution in [3.63, 3.8) is 0 Å². The molecule has 0 radical (unpaired) electrons. The summed E-state index contributed by atoms with van der Waals surface area (Å²) < 4.78 is 43.5. The molecule has 2 aromatic carbocycles. The summed E-state index contributed by atoms with van der Waals surface area (Å²) >= 11 is 0. The largest absolute Gasteiger partial charge is 0.491 e. The Balaban J connectivity index is 1.98. The number of halogens is 3. The Morgan fingerprint density at radius 1 is 1.05 bits per heavy atom. The van der Waals surface area contributed by atoms with Crippen molar-refractivity contribution in [3.05, 3.63) is 59.7 Å². The summed E-state index contributed by atoms with van der Waals surface area (Å²) in [6.45, 7) is 4.34. The number of anilines is 1. The minimum atomic E-state index is -4.33. The first kappa shape index (κ1) is 16.2. The van der Waals surface area contributed by atoms with E-state index in [1.165, 1.54) is 6.07 Å². The zero-order chi connectivity index (χ0) is 16.2. The van der Waals surface area contributed by atoms with Crippen LogP contribution in [0, 0.1) is 0 Å². The molecule has 0 aliphatic heterocycles. The Bertz CT molecular complexity index is 606. The number of benzene rings is 2. The molecule has 2 nitrogen and oxygen atoms in total. The number of nitrogens with one attached hydrogen (secondary N) is 1. The number of alkyl halides is 3. The van der Waals surface area contributed by atoms with Crippen LogP contribution in [0.4, 0.5) is 18.9 Å². The molecule has 22 heavy (non-hydrogen) atoms. The van der Waals surface area contributed by atoms with Gasteiger partial charge in [-0.1, -0.05) is 18.2 Å². The molecule has 0 aromatic heterocycles. The first-order chi connectivity index (χ1) is 10.3. The molecule has 0 aliphatic carbocycles. The zero-order valence-corrected chi connectivity index (χ0v) is 12.4. The summed E-state index contributed by atoms with van der Waals surface area (Å²) in [5, 5.41) is 2.99. The normalized spacial score (nSPS) is 11.5. The van der Waals surface area contributed by atoms with E-state index in [-0.39, 0.29) is 6.10 Å². The average molecular weight is 309 g/mol. The van der Waals surface area contributed by atoms with Gasteiger partial charge in [-0.2, -0.15) is 13.2 Å². The van der Waals surface area contributed by atoms with E-state index in [2.05, 4.69) is 5.32 Å². The fourth-order valence-electron chi connectivity index (χ4n) is 1.97. The van der Waals surface area contributed by atoms with Gasteiger partial charge in [0, 0.05) is 12.2 Å². The van der Waals surface area contributed by atoms with E-state index in [0.29, 0.717) is 12.2 Å². The summed E-state index contributed by atoms with van der Waals surface area (Å²) in [4.78, 5) is 0. The van der Waals surface area contributed by atoms with Crippen LogP contribution >= 0.6 is 0 Å². The van der Waals surface area contributed by atoms with Crippen LogP contribution in [0.15, 0.2) is 48.5 Å². The molecule has 0 saturated carbocycles. The monoisotopic (exact) mass is 309 g/mol. The molecule has 0 saturated heterocycles. The lowest BCUT2D eigenvalue weighted by Gasteiger charge is -2.12. The van der Waals surface area contributed by atoms with Gasteiger partial charge < -0.3 is 10.1 Å². The second-order valence-electron chi connectivity index (χ2n) is 5.24. The fourth-order valence-corrected chi connectivity index (χ4v) is 1.97. The lowest BCUT2D eigenvalue weighted by Crippen LogP contribution is -2.07. The van der Waals surface area contributed by atoms with E-state index < -0.39 is 11.7 Å². The van der Waals surface area contributed by atoms with Gasteiger partial charge in [0.25, 0.3) is 0 Å². The smallest absolute Gasteiger partial charge is 0.416 e. The van der Waals surface area contributed by atoms with Crippen molar-refractivity contribution in [2.45, 2.75) is 32.7 Å². The Kier molecular flexibility index (Phi) is 4.96. The van der Waals surface area contributed by atoms with Crippen molar-refractivity contribution in [3.8, 4) is 5.75 Å². The van der Waals surface area contributed by atoms with Crippen LogP contribution in [0.5, 0.6) is 5.75 Å². The maximum Gasteiger partial charge on any atom is 0.416 e. The summed E-state index contributed by atoms with van der Waals surface area (Å²) in [6.07, 6.45) is -4.22. The van der Waals surface area contributed by atoms with Crippen molar-refractivity contribution in [2.75, 3.05) is 5.32 Å². The highest BCUT2D eigenvalue weighted by Gasteiger charge is 2.30. The molecule has 2 rings (SSSR count). The highest BCUT2D eigenvalue weighted by molar-refractivity contribution is 5.47. The molecule has 0 atom stereocenters. The highest BCUT2D eigenvalue weighted by Crippen LogP contribution is 2.30. The van der Waals surface area contributed by atoms with Gasteiger partial charge in [0.1, 0.15) is 5.75 Å². The molecule has 118 valence electrons.